The highest BCUT2D eigenvalue weighted by atomic mass is 19.1. The molecule has 128 valence electrons. The molecule has 1 aliphatic heterocycles. The number of hydrogen-bond donors (Lipinski definition) is 1. The molecule has 1 atom stereocenters. The zero-order valence-electron chi connectivity index (χ0n) is 13.4. The first kappa shape index (κ1) is 16.6. The molecule has 1 aromatic heterocycles. The number of aliphatic hydroxyl groups excluding tert-OH is 1. The molecule has 3 rings (SSSR count). The number of carbonyl (C=O) groups excluding carboxylic acids is 1. The van der Waals surface area contributed by atoms with Crippen molar-refractivity contribution in [1.82, 2.24) is 4.98 Å². The van der Waals surface area contributed by atoms with Crippen molar-refractivity contribution in [2.75, 3.05) is 37.8 Å². The molecule has 7 heteroatoms. The number of hydrogen-bond acceptors (Lipinski definition) is 6. The number of rotatable bonds is 4. The van der Waals surface area contributed by atoms with Gasteiger partial charge < -0.3 is 19.5 Å². The van der Waals surface area contributed by atoms with E-state index in [2.05, 4.69) is 4.98 Å². The molecule has 0 radical (unpaired) electrons. The molecule has 0 aliphatic carbocycles. The summed E-state index contributed by atoms with van der Waals surface area (Å²) in [6, 6.07) is 4.27. The molecule has 2 heterocycles. The fraction of sp³-hybridized carbons (Fsp3) is 0.412. The van der Waals surface area contributed by atoms with E-state index in [9.17, 15) is 14.3 Å². The second kappa shape index (κ2) is 7.11. The SMILES string of the molecule is CCOC(=O)c1cnc2ccc(F)cc2c1N1CCOC(CO)C1. The van der Waals surface area contributed by atoms with Crippen molar-refractivity contribution in [1.29, 1.82) is 0 Å². The predicted molar refractivity (Wildman–Crippen MR) is 86.7 cm³/mol. The van der Waals surface area contributed by atoms with Gasteiger partial charge >= 0.3 is 5.97 Å². The number of fused-ring (bicyclic) bond motifs is 1. The Hall–Kier alpha value is -2.25. The van der Waals surface area contributed by atoms with Crippen molar-refractivity contribution in [3.05, 3.63) is 35.8 Å². The van der Waals surface area contributed by atoms with E-state index in [1.165, 1.54) is 18.3 Å². The van der Waals surface area contributed by atoms with Crippen LogP contribution >= 0.6 is 0 Å². The van der Waals surface area contributed by atoms with E-state index in [-0.39, 0.29) is 24.9 Å². The number of aromatic nitrogens is 1. The van der Waals surface area contributed by atoms with E-state index in [0.717, 1.165) is 0 Å². The lowest BCUT2D eigenvalue weighted by Crippen LogP contribution is -2.44. The molecule has 0 amide bonds. The Labute approximate surface area is 138 Å². The number of ether oxygens (including phenoxy) is 2. The third-order valence-electron chi connectivity index (χ3n) is 3.96. The van der Waals surface area contributed by atoms with Crippen LogP contribution in [0.25, 0.3) is 10.9 Å². The van der Waals surface area contributed by atoms with E-state index in [4.69, 9.17) is 9.47 Å². The van der Waals surface area contributed by atoms with Crippen molar-refractivity contribution in [2.24, 2.45) is 0 Å². The number of anilines is 1. The molecule has 6 nitrogen and oxygen atoms in total. The van der Waals surface area contributed by atoms with Crippen molar-refractivity contribution in [2.45, 2.75) is 13.0 Å². The molecule has 1 aromatic carbocycles. The second-order valence-corrected chi connectivity index (χ2v) is 5.52. The fourth-order valence-corrected chi connectivity index (χ4v) is 2.88. The smallest absolute Gasteiger partial charge is 0.341 e. The summed E-state index contributed by atoms with van der Waals surface area (Å²) >= 11 is 0. The third-order valence-corrected chi connectivity index (χ3v) is 3.96. The average Bonchev–Trinajstić information content (AvgIpc) is 2.60. The number of benzene rings is 1. The topological polar surface area (TPSA) is 71.9 Å². The lowest BCUT2D eigenvalue weighted by molar-refractivity contribution is 0.00353. The highest BCUT2D eigenvalue weighted by Crippen LogP contribution is 2.32. The standard InChI is InChI=1S/C17H19FN2O4/c1-2-23-17(22)14-8-19-15-4-3-11(18)7-13(15)16(14)20-5-6-24-12(9-20)10-21/h3-4,7-8,12,21H,2,5-6,9-10H2,1H3. The Bertz CT molecular complexity index is 753. The van der Waals surface area contributed by atoms with Crippen LogP contribution in [0.4, 0.5) is 10.1 Å². The monoisotopic (exact) mass is 334 g/mol. The molecular formula is C17H19FN2O4. The molecule has 1 N–H and O–H groups in total. The van der Waals surface area contributed by atoms with Crippen molar-refractivity contribution in [3.8, 4) is 0 Å². The number of aliphatic hydroxyl groups is 1. The van der Waals surface area contributed by atoms with Crippen LogP contribution in [-0.4, -0.2) is 55.1 Å². The highest BCUT2D eigenvalue weighted by Gasteiger charge is 2.26. The molecule has 1 unspecified atom stereocenters. The molecule has 0 saturated carbocycles. The molecule has 1 aliphatic rings. The molecular weight excluding hydrogens is 315 g/mol. The molecule has 1 fully saturated rings. The molecule has 24 heavy (non-hydrogen) atoms. The Kier molecular flexibility index (Phi) is 4.92. The molecule has 2 aromatic rings. The van der Waals surface area contributed by atoms with E-state index in [1.54, 1.807) is 13.0 Å². The summed E-state index contributed by atoms with van der Waals surface area (Å²) in [5.74, 6) is -0.906. The van der Waals surface area contributed by atoms with Crippen LogP contribution in [0.5, 0.6) is 0 Å². The lowest BCUT2D eigenvalue weighted by Gasteiger charge is -2.35. The average molecular weight is 334 g/mol. The fourth-order valence-electron chi connectivity index (χ4n) is 2.88. The zero-order valence-corrected chi connectivity index (χ0v) is 13.4. The summed E-state index contributed by atoms with van der Waals surface area (Å²) in [7, 11) is 0. The number of halogens is 1. The Morgan fingerprint density at radius 1 is 1.54 bits per heavy atom. The number of pyridine rings is 1. The summed E-state index contributed by atoms with van der Waals surface area (Å²) in [6.45, 7) is 3.18. The van der Waals surface area contributed by atoms with Gasteiger partial charge in [0.15, 0.2) is 0 Å². The maximum atomic E-state index is 13.8. The Morgan fingerprint density at radius 3 is 3.12 bits per heavy atom. The van der Waals surface area contributed by atoms with Gasteiger partial charge in [-0.2, -0.15) is 0 Å². The predicted octanol–water partition coefficient (Wildman–Crippen LogP) is 1.75. The number of nitrogens with zero attached hydrogens (tertiary/aromatic N) is 2. The summed E-state index contributed by atoms with van der Waals surface area (Å²) in [5, 5.41) is 9.90. The summed E-state index contributed by atoms with van der Waals surface area (Å²) in [6.07, 6.45) is 1.10. The number of esters is 1. The maximum Gasteiger partial charge on any atom is 0.341 e. The van der Waals surface area contributed by atoms with E-state index in [0.29, 0.717) is 36.3 Å². The second-order valence-electron chi connectivity index (χ2n) is 5.52. The van der Waals surface area contributed by atoms with Crippen LogP contribution in [0.15, 0.2) is 24.4 Å². The normalized spacial score (nSPS) is 18.0. The largest absolute Gasteiger partial charge is 0.462 e. The first-order chi connectivity index (χ1) is 11.6. The summed E-state index contributed by atoms with van der Waals surface area (Å²) in [4.78, 5) is 18.5. The van der Waals surface area contributed by atoms with Gasteiger partial charge in [0.2, 0.25) is 0 Å². The van der Waals surface area contributed by atoms with Gasteiger partial charge in [0.25, 0.3) is 0 Å². The first-order valence-corrected chi connectivity index (χ1v) is 7.86. The Morgan fingerprint density at radius 2 is 2.38 bits per heavy atom. The first-order valence-electron chi connectivity index (χ1n) is 7.86. The minimum Gasteiger partial charge on any atom is -0.462 e. The lowest BCUT2D eigenvalue weighted by atomic mass is 10.1. The minimum atomic E-state index is -0.502. The third kappa shape index (κ3) is 3.18. The van der Waals surface area contributed by atoms with Crippen LogP contribution < -0.4 is 4.90 Å². The molecule has 0 spiro atoms. The van der Waals surface area contributed by atoms with Crippen LogP contribution in [0.1, 0.15) is 17.3 Å². The van der Waals surface area contributed by atoms with Gasteiger partial charge in [-0.3, -0.25) is 4.98 Å². The van der Waals surface area contributed by atoms with Crippen molar-refractivity contribution in [3.63, 3.8) is 0 Å². The maximum absolute atomic E-state index is 13.8. The van der Waals surface area contributed by atoms with Gasteiger partial charge in [-0.05, 0) is 25.1 Å². The van der Waals surface area contributed by atoms with E-state index >= 15 is 0 Å². The van der Waals surface area contributed by atoms with Crippen LogP contribution in [-0.2, 0) is 9.47 Å². The number of carbonyl (C=O) groups is 1. The quantitative estimate of drug-likeness (QED) is 0.859. The molecule has 0 bridgehead atoms. The van der Waals surface area contributed by atoms with Crippen molar-refractivity contribution >= 4 is 22.6 Å². The van der Waals surface area contributed by atoms with Crippen molar-refractivity contribution < 1.29 is 23.8 Å². The summed E-state index contributed by atoms with van der Waals surface area (Å²) < 4.78 is 24.4. The molecule has 1 saturated heterocycles. The van der Waals surface area contributed by atoms with Gasteiger partial charge in [-0.15, -0.1) is 0 Å². The zero-order chi connectivity index (χ0) is 17.1. The summed E-state index contributed by atoms with van der Waals surface area (Å²) in [5.41, 5.74) is 1.44. The van der Waals surface area contributed by atoms with Gasteiger partial charge in [0.05, 0.1) is 37.1 Å². The van der Waals surface area contributed by atoms with Crippen LogP contribution in [0, 0.1) is 5.82 Å². The van der Waals surface area contributed by atoms with E-state index in [1.807, 2.05) is 4.90 Å². The van der Waals surface area contributed by atoms with Gasteiger partial charge in [-0.25, -0.2) is 9.18 Å². The van der Waals surface area contributed by atoms with Crippen LogP contribution in [0.2, 0.25) is 0 Å². The van der Waals surface area contributed by atoms with Gasteiger partial charge in [0.1, 0.15) is 11.4 Å². The van der Waals surface area contributed by atoms with Gasteiger partial charge in [0, 0.05) is 24.7 Å². The number of morpholine rings is 1. The Balaban J connectivity index is 2.14. The van der Waals surface area contributed by atoms with Crippen LogP contribution in [0.3, 0.4) is 0 Å². The minimum absolute atomic E-state index is 0.122. The van der Waals surface area contributed by atoms with E-state index < -0.39 is 11.8 Å². The highest BCUT2D eigenvalue weighted by molar-refractivity contribution is 6.05. The van der Waals surface area contributed by atoms with Gasteiger partial charge in [-0.1, -0.05) is 0 Å².